The fourth-order valence-corrected chi connectivity index (χ4v) is 2.26. The van der Waals surface area contributed by atoms with E-state index in [-0.39, 0.29) is 5.75 Å². The molecule has 0 heterocycles. The van der Waals surface area contributed by atoms with Crippen LogP contribution >= 0.6 is 12.2 Å². The molecule has 0 atom stereocenters. The Bertz CT molecular complexity index is 675. The van der Waals surface area contributed by atoms with Crippen molar-refractivity contribution in [3.05, 3.63) is 53.6 Å². The zero-order chi connectivity index (χ0) is 16.8. The summed E-state index contributed by atoms with van der Waals surface area (Å²) in [7, 11) is 0. The van der Waals surface area contributed by atoms with E-state index in [0.29, 0.717) is 10.8 Å². The van der Waals surface area contributed by atoms with Gasteiger partial charge in [0, 0.05) is 5.69 Å². The highest BCUT2D eigenvalue weighted by Crippen LogP contribution is 2.27. The van der Waals surface area contributed by atoms with Gasteiger partial charge in [0.25, 0.3) is 0 Å². The monoisotopic (exact) mass is 336 g/mol. The summed E-state index contributed by atoms with van der Waals surface area (Å²) in [5.41, 5.74) is 3.25. The first-order chi connectivity index (χ1) is 11.0. The fraction of sp³-hybridized carbons (Fsp3) is 0.235. The van der Waals surface area contributed by atoms with Gasteiger partial charge in [0.15, 0.2) is 5.11 Å². The molecule has 0 radical (unpaired) electrons. The zero-order valence-corrected chi connectivity index (χ0v) is 13.7. The van der Waals surface area contributed by atoms with E-state index >= 15 is 0 Å². The van der Waals surface area contributed by atoms with Gasteiger partial charge < -0.3 is 15.4 Å². The Kier molecular flexibility index (Phi) is 5.87. The molecule has 2 rings (SSSR count). The largest absolute Gasteiger partial charge is 0.433 e. The van der Waals surface area contributed by atoms with E-state index in [1.807, 2.05) is 24.3 Å². The predicted molar refractivity (Wildman–Crippen MR) is 93.5 cm³/mol. The number of anilines is 2. The van der Waals surface area contributed by atoms with Crippen LogP contribution in [0.5, 0.6) is 5.75 Å². The molecule has 0 saturated carbocycles. The number of thiocarbonyl (C=S) groups is 1. The average Bonchev–Trinajstić information content (AvgIpc) is 2.50. The second-order valence-electron chi connectivity index (χ2n) is 5.01. The zero-order valence-electron chi connectivity index (χ0n) is 12.9. The quantitative estimate of drug-likeness (QED) is 0.756. The predicted octanol–water partition coefficient (Wildman–Crippen LogP) is 4.97. The van der Waals surface area contributed by atoms with Crippen molar-refractivity contribution >= 4 is 28.7 Å². The van der Waals surface area contributed by atoms with E-state index < -0.39 is 6.61 Å². The van der Waals surface area contributed by atoms with Crippen molar-refractivity contribution in [2.75, 3.05) is 10.6 Å². The summed E-state index contributed by atoms with van der Waals surface area (Å²) in [6.07, 6.45) is 0.959. The van der Waals surface area contributed by atoms with Crippen LogP contribution in [0.25, 0.3) is 0 Å². The molecule has 0 aromatic heterocycles. The Balaban J connectivity index is 2.07. The summed E-state index contributed by atoms with van der Waals surface area (Å²) in [5.74, 6) is 0.0606. The average molecular weight is 336 g/mol. The highest BCUT2D eigenvalue weighted by Gasteiger charge is 2.11. The van der Waals surface area contributed by atoms with Gasteiger partial charge in [-0.3, -0.25) is 0 Å². The Hall–Kier alpha value is -2.21. The van der Waals surface area contributed by atoms with E-state index in [9.17, 15) is 8.78 Å². The minimum absolute atomic E-state index is 0.0606. The molecule has 0 amide bonds. The van der Waals surface area contributed by atoms with Crippen LogP contribution in [0, 0.1) is 6.92 Å². The van der Waals surface area contributed by atoms with Crippen molar-refractivity contribution < 1.29 is 13.5 Å². The molecule has 0 aliphatic heterocycles. The molecule has 0 saturated heterocycles. The lowest BCUT2D eigenvalue weighted by Gasteiger charge is -2.15. The number of aryl methyl sites for hydroxylation is 2. The van der Waals surface area contributed by atoms with Crippen molar-refractivity contribution in [1.29, 1.82) is 0 Å². The van der Waals surface area contributed by atoms with Crippen LogP contribution in [0.4, 0.5) is 20.2 Å². The third-order valence-corrected chi connectivity index (χ3v) is 3.43. The summed E-state index contributed by atoms with van der Waals surface area (Å²) >= 11 is 5.22. The van der Waals surface area contributed by atoms with Gasteiger partial charge in [0.05, 0.1) is 5.69 Å². The number of benzene rings is 2. The lowest BCUT2D eigenvalue weighted by Crippen LogP contribution is -2.20. The van der Waals surface area contributed by atoms with E-state index in [2.05, 4.69) is 22.3 Å². The number of hydrogen-bond donors (Lipinski definition) is 2. The lowest BCUT2D eigenvalue weighted by molar-refractivity contribution is -0.0493. The summed E-state index contributed by atoms with van der Waals surface area (Å²) in [6, 6.07) is 12.8. The Morgan fingerprint density at radius 2 is 1.83 bits per heavy atom. The second-order valence-corrected chi connectivity index (χ2v) is 5.42. The molecule has 23 heavy (non-hydrogen) atoms. The SMILES string of the molecule is CCc1ccc(NC(=S)Nc2ccc(C)cc2OC(F)F)cc1. The van der Waals surface area contributed by atoms with E-state index in [0.717, 1.165) is 17.7 Å². The van der Waals surface area contributed by atoms with E-state index in [4.69, 9.17) is 12.2 Å². The molecule has 6 heteroatoms. The van der Waals surface area contributed by atoms with Gasteiger partial charge in [-0.25, -0.2) is 0 Å². The molecule has 0 aliphatic rings. The highest BCUT2D eigenvalue weighted by molar-refractivity contribution is 7.80. The number of nitrogens with one attached hydrogen (secondary N) is 2. The smallest absolute Gasteiger partial charge is 0.387 e. The Labute approximate surface area is 139 Å². The molecule has 2 aromatic rings. The molecule has 0 unspecified atom stereocenters. The van der Waals surface area contributed by atoms with Crippen LogP contribution < -0.4 is 15.4 Å². The number of hydrogen-bond acceptors (Lipinski definition) is 2. The van der Waals surface area contributed by atoms with Gasteiger partial charge in [-0.05, 0) is 61.0 Å². The van der Waals surface area contributed by atoms with Crippen LogP contribution in [-0.2, 0) is 6.42 Å². The minimum Gasteiger partial charge on any atom is -0.433 e. The Morgan fingerprint density at radius 3 is 2.43 bits per heavy atom. The van der Waals surface area contributed by atoms with Crippen molar-refractivity contribution in [1.82, 2.24) is 0 Å². The number of halogens is 2. The van der Waals surface area contributed by atoms with Crippen LogP contribution in [-0.4, -0.2) is 11.7 Å². The van der Waals surface area contributed by atoms with E-state index in [1.54, 1.807) is 19.1 Å². The lowest BCUT2D eigenvalue weighted by atomic mass is 10.1. The molecule has 0 aliphatic carbocycles. The van der Waals surface area contributed by atoms with Gasteiger partial charge in [0.1, 0.15) is 5.75 Å². The maximum Gasteiger partial charge on any atom is 0.387 e. The molecule has 3 nitrogen and oxygen atoms in total. The molecule has 0 bridgehead atoms. The van der Waals surface area contributed by atoms with Gasteiger partial charge in [-0.1, -0.05) is 25.1 Å². The maximum atomic E-state index is 12.5. The molecule has 2 N–H and O–H groups in total. The topological polar surface area (TPSA) is 33.3 Å². The second kappa shape index (κ2) is 7.87. The highest BCUT2D eigenvalue weighted by atomic mass is 32.1. The fourth-order valence-electron chi connectivity index (χ4n) is 2.03. The number of ether oxygens (including phenoxy) is 1. The van der Waals surface area contributed by atoms with Gasteiger partial charge >= 0.3 is 6.61 Å². The molecule has 0 spiro atoms. The summed E-state index contributed by atoms with van der Waals surface area (Å²) in [5, 5.41) is 6.20. The van der Waals surface area contributed by atoms with Crippen molar-refractivity contribution in [3.63, 3.8) is 0 Å². The van der Waals surface area contributed by atoms with Crippen LogP contribution in [0.3, 0.4) is 0 Å². The standard InChI is InChI=1S/C17H18F2N2OS/c1-3-12-5-7-13(8-6-12)20-17(23)21-14-9-4-11(2)10-15(14)22-16(18)19/h4-10,16H,3H2,1-2H3,(H2,20,21,23). The molecule has 0 fully saturated rings. The first kappa shape index (κ1) is 17.1. The Morgan fingerprint density at radius 1 is 1.13 bits per heavy atom. The first-order valence-electron chi connectivity index (χ1n) is 7.20. The molecular weight excluding hydrogens is 318 g/mol. The first-order valence-corrected chi connectivity index (χ1v) is 7.61. The number of alkyl halides is 2. The van der Waals surface area contributed by atoms with Gasteiger partial charge in [-0.15, -0.1) is 0 Å². The van der Waals surface area contributed by atoms with Crippen LogP contribution in [0.15, 0.2) is 42.5 Å². The molecular formula is C17H18F2N2OS. The summed E-state index contributed by atoms with van der Waals surface area (Å²) in [6.45, 7) is 0.991. The van der Waals surface area contributed by atoms with Crippen molar-refractivity contribution in [3.8, 4) is 5.75 Å². The van der Waals surface area contributed by atoms with E-state index in [1.165, 1.54) is 11.6 Å². The van der Waals surface area contributed by atoms with Gasteiger partial charge in [-0.2, -0.15) is 8.78 Å². The van der Waals surface area contributed by atoms with Crippen molar-refractivity contribution in [2.45, 2.75) is 26.9 Å². The third kappa shape index (κ3) is 5.17. The van der Waals surface area contributed by atoms with Gasteiger partial charge in [0.2, 0.25) is 0 Å². The molecule has 122 valence electrons. The maximum absolute atomic E-state index is 12.5. The third-order valence-electron chi connectivity index (χ3n) is 3.22. The normalized spacial score (nSPS) is 10.5. The number of rotatable bonds is 5. The minimum atomic E-state index is -2.89. The van der Waals surface area contributed by atoms with Crippen LogP contribution in [0.2, 0.25) is 0 Å². The summed E-state index contributed by atoms with van der Waals surface area (Å²) in [4.78, 5) is 0. The molecule has 2 aromatic carbocycles. The van der Waals surface area contributed by atoms with Crippen molar-refractivity contribution in [2.24, 2.45) is 0 Å². The van der Waals surface area contributed by atoms with Crippen LogP contribution in [0.1, 0.15) is 18.1 Å². The summed E-state index contributed by atoms with van der Waals surface area (Å²) < 4.78 is 29.5.